The average Bonchev–Trinajstić information content (AvgIpc) is 2.08. The molecule has 0 spiro atoms. The lowest BCUT2D eigenvalue weighted by molar-refractivity contribution is 0.356. The third-order valence-corrected chi connectivity index (χ3v) is 2.78. The lowest BCUT2D eigenvalue weighted by Crippen LogP contribution is -1.78. The quantitative estimate of drug-likeness (QED) is 0.436. The van der Waals surface area contributed by atoms with Gasteiger partial charge in [-0.05, 0) is 31.9 Å². The number of halogens is 2. The van der Waals surface area contributed by atoms with Gasteiger partial charge in [0.1, 0.15) is 8.95 Å². The summed E-state index contributed by atoms with van der Waals surface area (Å²) in [6, 6.07) is 0. The van der Waals surface area contributed by atoms with E-state index in [1.54, 1.807) is 0 Å². The fraction of sp³-hybridized carbons (Fsp3) is 0. The van der Waals surface area contributed by atoms with Gasteiger partial charge in [0, 0.05) is 0 Å². The molecule has 1 rings (SSSR count). The molecule has 0 saturated carbocycles. The highest BCUT2D eigenvalue weighted by molar-refractivity contribution is 9.11. The number of aromatic hydroxyl groups is 4. The first-order valence-corrected chi connectivity index (χ1v) is 4.36. The number of phenolic OH excluding ortho intramolecular Hbond substituents is 4. The largest absolute Gasteiger partial charge is 0.505 e. The second-order valence-electron chi connectivity index (χ2n) is 2.02. The van der Waals surface area contributed by atoms with E-state index < -0.39 is 17.2 Å². The van der Waals surface area contributed by atoms with E-state index in [1.165, 1.54) is 0 Å². The van der Waals surface area contributed by atoms with Gasteiger partial charge in [0.15, 0.2) is 17.2 Å². The molecule has 0 saturated heterocycles. The summed E-state index contributed by atoms with van der Waals surface area (Å²) in [5.41, 5.74) is 0. The second kappa shape index (κ2) is 3.02. The summed E-state index contributed by atoms with van der Waals surface area (Å²) in [6.45, 7) is 0. The molecule has 0 heterocycles. The minimum Gasteiger partial charge on any atom is -0.505 e. The molecule has 66 valence electrons. The van der Waals surface area contributed by atoms with Gasteiger partial charge >= 0.3 is 0 Å². The molecule has 0 aliphatic carbocycles. The van der Waals surface area contributed by atoms with Crippen molar-refractivity contribution in [2.75, 3.05) is 0 Å². The second-order valence-corrected chi connectivity index (χ2v) is 3.61. The molecule has 4 nitrogen and oxygen atoms in total. The van der Waals surface area contributed by atoms with Crippen LogP contribution in [0.25, 0.3) is 0 Å². The van der Waals surface area contributed by atoms with Crippen LogP contribution in [-0.4, -0.2) is 20.4 Å². The van der Waals surface area contributed by atoms with Gasteiger partial charge in [-0.3, -0.25) is 0 Å². The molecule has 0 amide bonds. The third kappa shape index (κ3) is 1.21. The molecule has 4 N–H and O–H groups in total. The first kappa shape index (κ1) is 9.47. The molecule has 0 atom stereocenters. The number of hydrogen-bond acceptors (Lipinski definition) is 4. The fourth-order valence-corrected chi connectivity index (χ4v) is 1.68. The van der Waals surface area contributed by atoms with Gasteiger partial charge in [0.05, 0.1) is 0 Å². The first-order chi connectivity index (χ1) is 5.46. The zero-order valence-electron chi connectivity index (χ0n) is 5.54. The highest BCUT2D eigenvalue weighted by Gasteiger charge is 2.19. The topological polar surface area (TPSA) is 80.9 Å². The molecule has 6 heteroatoms. The van der Waals surface area contributed by atoms with Gasteiger partial charge in [0.25, 0.3) is 0 Å². The van der Waals surface area contributed by atoms with Crippen LogP contribution in [0.4, 0.5) is 0 Å². The molecule has 0 radical (unpaired) electrons. The van der Waals surface area contributed by atoms with Crippen LogP contribution >= 0.6 is 31.9 Å². The predicted molar refractivity (Wildman–Crippen MR) is 48.5 cm³/mol. The van der Waals surface area contributed by atoms with Crippen molar-refractivity contribution in [3.63, 3.8) is 0 Å². The molecule has 1 aromatic carbocycles. The van der Waals surface area contributed by atoms with Gasteiger partial charge in [-0.15, -0.1) is 0 Å². The van der Waals surface area contributed by atoms with Crippen LogP contribution in [0.3, 0.4) is 0 Å². The number of hydrogen-bond donors (Lipinski definition) is 4. The van der Waals surface area contributed by atoms with Gasteiger partial charge in [-0.25, -0.2) is 0 Å². The molecule has 0 fully saturated rings. The van der Waals surface area contributed by atoms with E-state index in [4.69, 9.17) is 20.4 Å². The summed E-state index contributed by atoms with van der Waals surface area (Å²) in [7, 11) is 0. The Balaban J connectivity index is 3.60. The Hall–Kier alpha value is -0.620. The van der Waals surface area contributed by atoms with Gasteiger partial charge in [-0.1, -0.05) is 0 Å². The van der Waals surface area contributed by atoms with E-state index >= 15 is 0 Å². The molecule has 12 heavy (non-hydrogen) atoms. The van der Waals surface area contributed by atoms with Crippen LogP contribution in [-0.2, 0) is 0 Å². The summed E-state index contributed by atoms with van der Waals surface area (Å²) < 4.78 is -0.158. The number of rotatable bonds is 0. The third-order valence-electron chi connectivity index (χ3n) is 1.28. The Morgan fingerprint density at radius 1 is 0.583 bits per heavy atom. The summed E-state index contributed by atoms with van der Waals surface area (Å²) in [5.74, 6) is -2.27. The van der Waals surface area contributed by atoms with Gasteiger partial charge in [0.2, 0.25) is 5.75 Å². The van der Waals surface area contributed by atoms with E-state index in [2.05, 4.69) is 31.9 Å². The van der Waals surface area contributed by atoms with Crippen LogP contribution in [0.15, 0.2) is 8.95 Å². The van der Waals surface area contributed by atoms with Crippen molar-refractivity contribution in [3.05, 3.63) is 8.95 Å². The maximum absolute atomic E-state index is 9.17. The van der Waals surface area contributed by atoms with E-state index in [9.17, 15) is 0 Å². The van der Waals surface area contributed by atoms with Crippen LogP contribution in [0.5, 0.6) is 23.0 Å². The van der Waals surface area contributed by atoms with E-state index in [0.29, 0.717) is 0 Å². The summed E-state index contributed by atoms with van der Waals surface area (Å²) in [4.78, 5) is 0. The Morgan fingerprint density at radius 3 is 1.25 bits per heavy atom. The molecule has 1 aromatic rings. The molecule has 0 aromatic heterocycles. The minimum atomic E-state index is -0.688. The monoisotopic (exact) mass is 298 g/mol. The van der Waals surface area contributed by atoms with Crippen molar-refractivity contribution in [3.8, 4) is 23.0 Å². The van der Waals surface area contributed by atoms with Crippen molar-refractivity contribution < 1.29 is 20.4 Å². The summed E-state index contributed by atoms with van der Waals surface area (Å²) >= 11 is 5.63. The summed E-state index contributed by atoms with van der Waals surface area (Å²) in [6.07, 6.45) is 0. The zero-order valence-corrected chi connectivity index (χ0v) is 8.72. The van der Waals surface area contributed by atoms with Gasteiger partial charge < -0.3 is 20.4 Å². The Kier molecular flexibility index (Phi) is 2.39. The van der Waals surface area contributed by atoms with E-state index in [-0.39, 0.29) is 14.7 Å². The van der Waals surface area contributed by atoms with Crippen LogP contribution in [0.2, 0.25) is 0 Å². The van der Waals surface area contributed by atoms with Crippen LogP contribution < -0.4 is 0 Å². The van der Waals surface area contributed by atoms with Crippen molar-refractivity contribution >= 4 is 31.9 Å². The maximum Gasteiger partial charge on any atom is 0.202 e. The molecule has 0 aliphatic heterocycles. The standard InChI is InChI=1S/C6H4Br2O4/c7-1-3(9)2(8)5(11)6(12)4(1)10/h9-12H. The number of phenols is 4. The summed E-state index contributed by atoms with van der Waals surface area (Å²) in [5, 5.41) is 36.3. The average molecular weight is 300 g/mol. The zero-order chi connectivity index (χ0) is 9.46. The number of benzene rings is 1. The van der Waals surface area contributed by atoms with Crippen molar-refractivity contribution in [2.24, 2.45) is 0 Å². The van der Waals surface area contributed by atoms with Crippen molar-refractivity contribution in [1.82, 2.24) is 0 Å². The van der Waals surface area contributed by atoms with E-state index in [0.717, 1.165) is 0 Å². The highest BCUT2D eigenvalue weighted by atomic mass is 79.9. The Labute approximate surface area is 84.3 Å². The van der Waals surface area contributed by atoms with Gasteiger partial charge in [-0.2, -0.15) is 0 Å². The fourth-order valence-electron chi connectivity index (χ4n) is 0.641. The van der Waals surface area contributed by atoms with Crippen molar-refractivity contribution in [2.45, 2.75) is 0 Å². The molecule has 0 aliphatic rings. The molecule has 0 unspecified atom stereocenters. The Morgan fingerprint density at radius 2 is 0.917 bits per heavy atom. The van der Waals surface area contributed by atoms with Crippen LogP contribution in [0, 0.1) is 0 Å². The van der Waals surface area contributed by atoms with Crippen LogP contribution in [0.1, 0.15) is 0 Å². The highest BCUT2D eigenvalue weighted by Crippen LogP contribution is 2.51. The normalized spacial score (nSPS) is 10.2. The predicted octanol–water partition coefficient (Wildman–Crippen LogP) is 2.03. The molecular weight excluding hydrogens is 296 g/mol. The lowest BCUT2D eigenvalue weighted by atomic mass is 10.3. The van der Waals surface area contributed by atoms with Crippen molar-refractivity contribution in [1.29, 1.82) is 0 Å². The maximum atomic E-state index is 9.17. The Bertz CT molecular complexity index is 232. The minimum absolute atomic E-state index is 0.0790. The lowest BCUT2D eigenvalue weighted by Gasteiger charge is -2.07. The first-order valence-electron chi connectivity index (χ1n) is 2.77. The smallest absolute Gasteiger partial charge is 0.202 e. The van der Waals surface area contributed by atoms with E-state index in [1.807, 2.05) is 0 Å². The molecule has 0 bridgehead atoms. The SMILES string of the molecule is Oc1c(O)c(Br)c(O)c(Br)c1O. The molecular formula is C6H4Br2O4.